The summed E-state index contributed by atoms with van der Waals surface area (Å²) in [6.07, 6.45) is 0. The topological polar surface area (TPSA) is 80.9 Å². The van der Waals surface area contributed by atoms with Gasteiger partial charge in [-0.15, -0.1) is 0 Å². The third-order valence-electron chi connectivity index (χ3n) is 5.16. The van der Waals surface area contributed by atoms with Crippen LogP contribution in [0.3, 0.4) is 0 Å². The van der Waals surface area contributed by atoms with E-state index in [0.717, 1.165) is 0 Å². The zero-order valence-corrected chi connectivity index (χ0v) is 17.4. The highest BCUT2D eigenvalue weighted by Gasteiger charge is 2.24. The maximum Gasteiger partial charge on any atom is 0.258 e. The molecule has 3 aromatic rings. The van der Waals surface area contributed by atoms with E-state index in [1.165, 1.54) is 12.1 Å². The van der Waals surface area contributed by atoms with Crippen molar-refractivity contribution in [1.82, 2.24) is 19.9 Å². The van der Waals surface area contributed by atoms with Crippen LogP contribution in [0.5, 0.6) is 11.5 Å². The molecule has 0 aliphatic carbocycles. The molecule has 4 rings (SSSR count). The lowest BCUT2D eigenvalue weighted by atomic mass is 10.1. The van der Waals surface area contributed by atoms with E-state index in [0.29, 0.717) is 61.2 Å². The molecule has 1 amide bonds. The first kappa shape index (κ1) is 20.8. The monoisotopic (exact) mass is 426 g/mol. The van der Waals surface area contributed by atoms with Gasteiger partial charge in [-0.25, -0.2) is 4.39 Å². The van der Waals surface area contributed by atoms with Gasteiger partial charge in [-0.1, -0.05) is 11.2 Å². The van der Waals surface area contributed by atoms with Gasteiger partial charge < -0.3 is 18.9 Å². The maximum absolute atomic E-state index is 13.4. The van der Waals surface area contributed by atoms with Crippen LogP contribution in [0, 0.1) is 5.82 Å². The molecule has 31 heavy (non-hydrogen) atoms. The standard InChI is InChI=1S/C22H23FN4O4/c1-29-18-11-16(12-19(13-18)30-2)22(28)27-8-6-26(7-9-27)14-20-24-21(31-25-20)15-4-3-5-17(23)10-15/h3-5,10-13H,6-9,14H2,1-2H3. The summed E-state index contributed by atoms with van der Waals surface area (Å²) < 4.78 is 29.2. The van der Waals surface area contributed by atoms with Crippen LogP contribution >= 0.6 is 0 Å². The highest BCUT2D eigenvalue weighted by atomic mass is 19.1. The van der Waals surface area contributed by atoms with Gasteiger partial charge in [0.15, 0.2) is 5.82 Å². The minimum Gasteiger partial charge on any atom is -0.497 e. The molecule has 0 unspecified atom stereocenters. The number of amides is 1. The first-order valence-electron chi connectivity index (χ1n) is 9.89. The molecule has 1 saturated heterocycles. The van der Waals surface area contributed by atoms with Crippen molar-refractivity contribution in [1.29, 1.82) is 0 Å². The molecule has 0 bridgehead atoms. The molecule has 2 heterocycles. The van der Waals surface area contributed by atoms with Gasteiger partial charge in [0.2, 0.25) is 0 Å². The van der Waals surface area contributed by atoms with Gasteiger partial charge in [-0.05, 0) is 30.3 Å². The maximum atomic E-state index is 13.4. The van der Waals surface area contributed by atoms with Gasteiger partial charge in [0.1, 0.15) is 17.3 Å². The van der Waals surface area contributed by atoms with E-state index in [2.05, 4.69) is 15.0 Å². The lowest BCUT2D eigenvalue weighted by Gasteiger charge is -2.34. The Bertz CT molecular complexity index is 1040. The summed E-state index contributed by atoms with van der Waals surface area (Å²) in [5.41, 5.74) is 1.07. The number of piperazine rings is 1. The summed E-state index contributed by atoms with van der Waals surface area (Å²) in [7, 11) is 3.11. The molecule has 0 atom stereocenters. The number of hydrogen-bond donors (Lipinski definition) is 0. The van der Waals surface area contributed by atoms with Crippen LogP contribution in [-0.4, -0.2) is 66.2 Å². The van der Waals surface area contributed by atoms with Gasteiger partial charge >= 0.3 is 0 Å². The molecule has 8 nitrogen and oxygen atoms in total. The van der Waals surface area contributed by atoms with Crippen LogP contribution in [0.1, 0.15) is 16.2 Å². The zero-order valence-electron chi connectivity index (χ0n) is 17.4. The molecular formula is C22H23FN4O4. The molecule has 0 spiro atoms. The normalized spacial score (nSPS) is 14.5. The van der Waals surface area contributed by atoms with Gasteiger partial charge in [0.05, 0.1) is 20.8 Å². The zero-order chi connectivity index (χ0) is 21.8. The molecule has 0 radical (unpaired) electrons. The van der Waals surface area contributed by atoms with Crippen LogP contribution < -0.4 is 9.47 Å². The summed E-state index contributed by atoms with van der Waals surface area (Å²) in [6.45, 7) is 3.00. The van der Waals surface area contributed by atoms with Crippen molar-refractivity contribution in [3.05, 3.63) is 59.7 Å². The van der Waals surface area contributed by atoms with Gasteiger partial charge in [0, 0.05) is 43.4 Å². The van der Waals surface area contributed by atoms with E-state index in [9.17, 15) is 9.18 Å². The molecule has 1 aliphatic heterocycles. The highest BCUT2D eigenvalue weighted by Crippen LogP contribution is 2.24. The van der Waals surface area contributed by atoms with E-state index in [1.54, 1.807) is 49.5 Å². The van der Waals surface area contributed by atoms with Gasteiger partial charge in [0.25, 0.3) is 11.8 Å². The number of halogens is 1. The number of hydrogen-bond acceptors (Lipinski definition) is 7. The largest absolute Gasteiger partial charge is 0.497 e. The Morgan fingerprint density at radius 2 is 1.77 bits per heavy atom. The van der Waals surface area contributed by atoms with Crippen molar-refractivity contribution >= 4 is 5.91 Å². The smallest absolute Gasteiger partial charge is 0.258 e. The second-order valence-electron chi connectivity index (χ2n) is 7.20. The quantitative estimate of drug-likeness (QED) is 0.600. The average Bonchev–Trinajstić information content (AvgIpc) is 3.27. The van der Waals surface area contributed by atoms with E-state index in [1.807, 2.05) is 0 Å². The summed E-state index contributed by atoms with van der Waals surface area (Å²) >= 11 is 0. The molecule has 0 saturated carbocycles. The first-order valence-corrected chi connectivity index (χ1v) is 9.89. The molecule has 2 aromatic carbocycles. The minimum absolute atomic E-state index is 0.0650. The average molecular weight is 426 g/mol. The van der Waals surface area contributed by atoms with Crippen LogP contribution in [0.4, 0.5) is 4.39 Å². The van der Waals surface area contributed by atoms with E-state index < -0.39 is 0 Å². The second-order valence-corrected chi connectivity index (χ2v) is 7.20. The fraction of sp³-hybridized carbons (Fsp3) is 0.318. The van der Waals surface area contributed by atoms with E-state index in [-0.39, 0.29) is 17.6 Å². The third kappa shape index (κ3) is 4.83. The van der Waals surface area contributed by atoms with Crippen molar-refractivity contribution in [2.45, 2.75) is 6.54 Å². The van der Waals surface area contributed by atoms with Crippen LogP contribution in [0.2, 0.25) is 0 Å². The summed E-state index contributed by atoms with van der Waals surface area (Å²) in [6, 6.07) is 11.2. The Labute approximate surface area is 179 Å². The third-order valence-corrected chi connectivity index (χ3v) is 5.16. The number of rotatable bonds is 6. The molecule has 1 aromatic heterocycles. The summed E-state index contributed by atoms with van der Waals surface area (Å²) in [4.78, 5) is 21.2. The van der Waals surface area contributed by atoms with Crippen LogP contribution in [-0.2, 0) is 6.54 Å². The Morgan fingerprint density at radius 1 is 1.06 bits per heavy atom. The number of benzene rings is 2. The predicted molar refractivity (Wildman–Crippen MR) is 110 cm³/mol. The molecule has 0 N–H and O–H groups in total. The summed E-state index contributed by atoms with van der Waals surface area (Å²) in [5, 5.41) is 4.00. The van der Waals surface area contributed by atoms with Gasteiger partial charge in [-0.3, -0.25) is 9.69 Å². The second kappa shape index (κ2) is 9.13. The fourth-order valence-electron chi connectivity index (χ4n) is 3.48. The highest BCUT2D eigenvalue weighted by molar-refractivity contribution is 5.95. The Hall–Kier alpha value is -3.46. The van der Waals surface area contributed by atoms with Crippen LogP contribution in [0.15, 0.2) is 47.0 Å². The Kier molecular flexibility index (Phi) is 6.13. The number of methoxy groups -OCH3 is 2. The Balaban J connectivity index is 1.36. The number of carbonyl (C=O) groups is 1. The lowest BCUT2D eigenvalue weighted by Crippen LogP contribution is -2.48. The fourth-order valence-corrected chi connectivity index (χ4v) is 3.48. The van der Waals surface area contributed by atoms with Crippen molar-refractivity contribution in [2.24, 2.45) is 0 Å². The van der Waals surface area contributed by atoms with Crippen LogP contribution in [0.25, 0.3) is 11.5 Å². The minimum atomic E-state index is -0.355. The molecule has 1 aliphatic rings. The van der Waals surface area contributed by atoms with Gasteiger partial charge in [-0.2, -0.15) is 4.98 Å². The van der Waals surface area contributed by atoms with Crippen molar-refractivity contribution in [3.63, 3.8) is 0 Å². The number of nitrogens with zero attached hydrogens (tertiary/aromatic N) is 4. The SMILES string of the molecule is COc1cc(OC)cc(C(=O)N2CCN(Cc3noc(-c4cccc(F)c4)n3)CC2)c1. The first-order chi connectivity index (χ1) is 15.1. The van der Waals surface area contributed by atoms with Crippen molar-refractivity contribution in [3.8, 4) is 23.0 Å². The lowest BCUT2D eigenvalue weighted by molar-refractivity contribution is 0.0623. The summed E-state index contributed by atoms with van der Waals surface area (Å²) in [5.74, 6) is 1.54. The van der Waals surface area contributed by atoms with E-state index in [4.69, 9.17) is 14.0 Å². The molecule has 162 valence electrons. The number of ether oxygens (including phenoxy) is 2. The number of carbonyl (C=O) groups excluding carboxylic acids is 1. The predicted octanol–water partition coefficient (Wildman–Crippen LogP) is 2.85. The van der Waals surface area contributed by atoms with Crippen molar-refractivity contribution < 1.29 is 23.2 Å². The Morgan fingerprint density at radius 3 is 2.42 bits per heavy atom. The molecular weight excluding hydrogens is 403 g/mol. The molecule has 9 heteroatoms. The van der Waals surface area contributed by atoms with Crippen molar-refractivity contribution in [2.75, 3.05) is 40.4 Å². The van der Waals surface area contributed by atoms with E-state index >= 15 is 0 Å². The number of aromatic nitrogens is 2. The molecule has 1 fully saturated rings.